The lowest BCUT2D eigenvalue weighted by Gasteiger charge is -2.21. The number of nitrogens with one attached hydrogen (secondary N) is 2. The average Bonchev–Trinajstić information content (AvgIpc) is 3.46. The summed E-state index contributed by atoms with van der Waals surface area (Å²) >= 11 is 0. The van der Waals surface area contributed by atoms with Crippen molar-refractivity contribution in [2.75, 3.05) is 38.7 Å². The summed E-state index contributed by atoms with van der Waals surface area (Å²) in [5, 5.41) is 6.38. The van der Waals surface area contributed by atoms with Gasteiger partial charge in [0.2, 0.25) is 0 Å². The first kappa shape index (κ1) is 23.1. The van der Waals surface area contributed by atoms with Crippen molar-refractivity contribution < 1.29 is 9.53 Å². The Kier molecular flexibility index (Phi) is 6.79. The van der Waals surface area contributed by atoms with Crippen LogP contribution in [0.3, 0.4) is 0 Å². The van der Waals surface area contributed by atoms with Crippen LogP contribution in [0.2, 0.25) is 0 Å². The van der Waals surface area contributed by atoms with Crippen molar-refractivity contribution in [1.82, 2.24) is 19.6 Å². The van der Waals surface area contributed by atoms with E-state index < -0.39 is 0 Å². The molecule has 5 rings (SSSR count). The molecule has 1 saturated heterocycles. The lowest BCUT2D eigenvalue weighted by atomic mass is 9.94. The zero-order valence-electron chi connectivity index (χ0n) is 20.1. The number of carbonyl (C=O) groups is 1. The number of hydrogen-bond acceptors (Lipinski definition) is 4. The van der Waals surface area contributed by atoms with Crippen LogP contribution in [-0.4, -0.2) is 59.7 Å². The topological polar surface area (TPSA) is 70.9 Å². The third kappa shape index (κ3) is 4.92. The summed E-state index contributed by atoms with van der Waals surface area (Å²) in [6, 6.07) is 24.1. The van der Waals surface area contributed by atoms with Crippen LogP contribution in [0.5, 0.6) is 0 Å². The van der Waals surface area contributed by atoms with Gasteiger partial charge in [-0.1, -0.05) is 66.7 Å². The van der Waals surface area contributed by atoms with Gasteiger partial charge in [-0.3, -0.25) is 14.6 Å². The number of fused-ring (bicyclic) bond motifs is 1. The van der Waals surface area contributed by atoms with Gasteiger partial charge in [0.15, 0.2) is 0 Å². The molecule has 0 saturated carbocycles. The van der Waals surface area contributed by atoms with Crippen LogP contribution >= 0.6 is 0 Å². The van der Waals surface area contributed by atoms with E-state index >= 15 is 0 Å². The molecule has 2 aromatic heterocycles. The molecule has 2 N–H and O–H groups in total. The monoisotopic (exact) mass is 469 g/mol. The van der Waals surface area contributed by atoms with Crippen molar-refractivity contribution in [2.24, 2.45) is 0 Å². The Morgan fingerprint density at radius 1 is 1.03 bits per heavy atom. The largest absolute Gasteiger partial charge is 0.383 e. The lowest BCUT2D eigenvalue weighted by molar-refractivity contribution is 0.159. The first-order valence-electron chi connectivity index (χ1n) is 12.0. The fourth-order valence-electron chi connectivity index (χ4n) is 4.91. The number of likely N-dealkylation sites (tertiary alicyclic amines) is 1. The van der Waals surface area contributed by atoms with Crippen molar-refractivity contribution in [2.45, 2.75) is 18.9 Å². The molecule has 1 aliphatic rings. The smallest absolute Gasteiger partial charge is 0.320 e. The van der Waals surface area contributed by atoms with Crippen LogP contribution in [0.25, 0.3) is 16.9 Å². The second-order valence-corrected chi connectivity index (χ2v) is 9.03. The Morgan fingerprint density at radius 2 is 1.77 bits per heavy atom. The number of urea groups is 1. The summed E-state index contributed by atoms with van der Waals surface area (Å²) in [6.45, 7) is 5.18. The number of ether oxygens (including phenoxy) is 1. The van der Waals surface area contributed by atoms with E-state index in [2.05, 4.69) is 39.8 Å². The second kappa shape index (κ2) is 10.3. The number of aryl methyl sites for hydroxylation is 1. The van der Waals surface area contributed by atoms with Crippen molar-refractivity contribution in [1.29, 1.82) is 0 Å². The summed E-state index contributed by atoms with van der Waals surface area (Å²) < 4.78 is 7.24. The summed E-state index contributed by atoms with van der Waals surface area (Å²) in [7, 11) is 1.72. The maximum Gasteiger partial charge on any atom is 0.320 e. The van der Waals surface area contributed by atoms with E-state index in [0.717, 1.165) is 42.1 Å². The van der Waals surface area contributed by atoms with Gasteiger partial charge in [0.05, 0.1) is 12.6 Å². The predicted molar refractivity (Wildman–Crippen MR) is 139 cm³/mol. The number of hydrogen-bond donors (Lipinski definition) is 2. The maximum absolute atomic E-state index is 13.4. The van der Waals surface area contributed by atoms with Crippen LogP contribution in [0.1, 0.15) is 17.0 Å². The minimum absolute atomic E-state index is 0.0182. The number of nitrogens with zero attached hydrogens (tertiary/aromatic N) is 3. The number of amides is 2. The highest BCUT2D eigenvalue weighted by Gasteiger charge is 2.34. The van der Waals surface area contributed by atoms with Gasteiger partial charge in [-0.25, -0.2) is 9.78 Å². The highest BCUT2D eigenvalue weighted by Crippen LogP contribution is 2.31. The first-order chi connectivity index (χ1) is 17.1. The van der Waals surface area contributed by atoms with Crippen molar-refractivity contribution in [3.8, 4) is 11.3 Å². The van der Waals surface area contributed by atoms with Gasteiger partial charge >= 0.3 is 6.03 Å². The molecule has 0 spiro atoms. The van der Waals surface area contributed by atoms with Crippen molar-refractivity contribution in [3.63, 3.8) is 0 Å². The molecule has 2 unspecified atom stereocenters. The Bertz CT molecular complexity index is 1290. The molecule has 1 aliphatic heterocycles. The molecule has 7 nitrogen and oxygen atoms in total. The number of anilines is 1. The van der Waals surface area contributed by atoms with E-state index in [1.165, 1.54) is 5.56 Å². The van der Waals surface area contributed by atoms with Crippen LogP contribution in [-0.2, 0) is 4.74 Å². The summed E-state index contributed by atoms with van der Waals surface area (Å²) in [5.74, 6) is 0.870. The van der Waals surface area contributed by atoms with Gasteiger partial charge in [-0.2, -0.15) is 0 Å². The molecule has 180 valence electrons. The number of imidazole rings is 1. The summed E-state index contributed by atoms with van der Waals surface area (Å²) in [6.07, 6.45) is 1.94. The number of aromatic nitrogens is 2. The predicted octanol–water partition coefficient (Wildman–Crippen LogP) is 4.55. The molecular formula is C28H31N5O2. The molecule has 0 aliphatic carbocycles. The molecule has 0 bridgehead atoms. The van der Waals surface area contributed by atoms with Gasteiger partial charge in [0.1, 0.15) is 17.2 Å². The fourth-order valence-corrected chi connectivity index (χ4v) is 4.91. The van der Waals surface area contributed by atoms with Crippen LogP contribution in [0.4, 0.5) is 10.6 Å². The Labute approximate surface area is 205 Å². The second-order valence-electron chi connectivity index (χ2n) is 9.03. The number of carbonyl (C=O) groups excluding carboxylic acids is 1. The standard InChI is InChI=1S/C28H31N5O2/c1-20-10-9-15-33-26(20)30-25(22-13-7-4-8-14-22)27(33)31-28(34)29-24-19-32(16-17-35-2)18-23(24)21-11-5-3-6-12-21/h3-15,23-24H,16-19H2,1-2H3,(H2,29,31,34). The number of methoxy groups -OCH3 is 1. The van der Waals surface area contributed by atoms with E-state index in [0.29, 0.717) is 12.4 Å². The van der Waals surface area contributed by atoms with Gasteiger partial charge in [0, 0.05) is 44.4 Å². The minimum Gasteiger partial charge on any atom is -0.383 e. The number of benzene rings is 2. The fraction of sp³-hybridized carbons (Fsp3) is 0.286. The average molecular weight is 470 g/mol. The Balaban J connectivity index is 1.41. The van der Waals surface area contributed by atoms with Crippen molar-refractivity contribution in [3.05, 3.63) is 90.1 Å². The third-order valence-electron chi connectivity index (χ3n) is 6.68. The Morgan fingerprint density at radius 3 is 2.51 bits per heavy atom. The van der Waals surface area contributed by atoms with Gasteiger partial charge < -0.3 is 10.1 Å². The maximum atomic E-state index is 13.4. The quantitative estimate of drug-likeness (QED) is 0.417. The SMILES string of the molecule is COCCN1CC(NC(=O)Nc2c(-c3ccccc3)nc3c(C)cccn23)C(c2ccccc2)C1. The highest BCUT2D eigenvalue weighted by atomic mass is 16.5. The normalized spacial score (nSPS) is 18.1. The molecule has 2 aromatic carbocycles. The molecule has 7 heteroatoms. The highest BCUT2D eigenvalue weighted by molar-refractivity contribution is 5.94. The molecule has 1 fully saturated rings. The number of pyridine rings is 1. The lowest BCUT2D eigenvalue weighted by Crippen LogP contribution is -2.42. The third-order valence-corrected chi connectivity index (χ3v) is 6.68. The Hall–Kier alpha value is -3.68. The zero-order chi connectivity index (χ0) is 24.2. The molecule has 2 atom stereocenters. The van der Waals surface area contributed by atoms with Crippen LogP contribution in [0, 0.1) is 6.92 Å². The van der Waals surface area contributed by atoms with E-state index in [-0.39, 0.29) is 18.0 Å². The van der Waals surface area contributed by atoms with E-state index in [9.17, 15) is 4.79 Å². The van der Waals surface area contributed by atoms with E-state index in [1.54, 1.807) is 7.11 Å². The molecule has 2 amide bonds. The summed E-state index contributed by atoms with van der Waals surface area (Å²) in [4.78, 5) is 20.6. The number of rotatable bonds is 7. The molecule has 3 heterocycles. The first-order valence-corrected chi connectivity index (χ1v) is 12.0. The minimum atomic E-state index is -0.231. The van der Waals surface area contributed by atoms with Gasteiger partial charge in [-0.15, -0.1) is 0 Å². The summed E-state index contributed by atoms with van der Waals surface area (Å²) in [5.41, 5.74) is 4.82. The van der Waals surface area contributed by atoms with Crippen LogP contribution < -0.4 is 10.6 Å². The molecule has 35 heavy (non-hydrogen) atoms. The zero-order valence-corrected chi connectivity index (χ0v) is 20.1. The van der Waals surface area contributed by atoms with Crippen LogP contribution in [0.15, 0.2) is 79.0 Å². The molecule has 4 aromatic rings. The van der Waals surface area contributed by atoms with E-state index in [1.807, 2.05) is 66.1 Å². The van der Waals surface area contributed by atoms with E-state index in [4.69, 9.17) is 9.72 Å². The van der Waals surface area contributed by atoms with Crippen molar-refractivity contribution >= 4 is 17.5 Å². The molecule has 0 radical (unpaired) electrons. The molecular weight excluding hydrogens is 438 g/mol. The van der Waals surface area contributed by atoms with Gasteiger partial charge in [-0.05, 0) is 24.1 Å². The van der Waals surface area contributed by atoms with Gasteiger partial charge in [0.25, 0.3) is 0 Å².